The molecule has 5 rings (SSSR count). The second kappa shape index (κ2) is 10.9. The Labute approximate surface area is 228 Å². The quantitative estimate of drug-likeness (QED) is 0.219. The third-order valence-corrected chi connectivity index (χ3v) is 7.59. The van der Waals surface area contributed by atoms with Gasteiger partial charge < -0.3 is 13.9 Å². The average molecular weight is 547 g/mol. The van der Waals surface area contributed by atoms with Crippen LogP contribution in [0.5, 0.6) is 0 Å². The number of carbonyl (C=O) groups is 1. The first kappa shape index (κ1) is 26.5. The lowest BCUT2D eigenvalue weighted by Gasteiger charge is -2.08. The number of carbonyl (C=O) groups excluding carboxylic acids is 1. The number of imidazole rings is 2. The highest BCUT2D eigenvalue weighted by molar-refractivity contribution is 7.98. The molecule has 39 heavy (non-hydrogen) atoms. The maximum absolute atomic E-state index is 12.9. The van der Waals surface area contributed by atoms with E-state index in [1.54, 1.807) is 19.1 Å². The van der Waals surface area contributed by atoms with Crippen LogP contribution in [-0.4, -0.2) is 41.2 Å². The molecular weight excluding hydrogens is 516 g/mol. The Hall–Kier alpha value is -4.12. The van der Waals surface area contributed by atoms with Gasteiger partial charge in [-0.1, -0.05) is 41.6 Å². The molecule has 1 N–H and O–H groups in total. The molecule has 11 heteroatoms. The molecule has 0 amide bonds. The predicted molar refractivity (Wildman–Crippen MR) is 151 cm³/mol. The van der Waals surface area contributed by atoms with Crippen LogP contribution >= 0.6 is 11.8 Å². The molecule has 5 aromatic rings. The van der Waals surface area contributed by atoms with Crippen molar-refractivity contribution in [3.63, 3.8) is 0 Å². The van der Waals surface area contributed by atoms with Crippen LogP contribution in [-0.2, 0) is 30.1 Å². The highest BCUT2D eigenvalue weighted by Crippen LogP contribution is 2.28. The number of nitrogens with one attached hydrogen (secondary N) is 1. The van der Waals surface area contributed by atoms with E-state index in [9.17, 15) is 14.4 Å². The van der Waals surface area contributed by atoms with E-state index in [2.05, 4.69) is 9.55 Å². The van der Waals surface area contributed by atoms with Crippen molar-refractivity contribution >= 4 is 39.9 Å². The molecule has 0 radical (unpaired) electrons. The van der Waals surface area contributed by atoms with Gasteiger partial charge in [0.25, 0.3) is 5.56 Å². The number of esters is 1. The van der Waals surface area contributed by atoms with Crippen LogP contribution in [0.2, 0.25) is 0 Å². The molecule has 3 aromatic heterocycles. The number of benzene rings is 2. The highest BCUT2D eigenvalue weighted by Gasteiger charge is 2.20. The molecule has 0 spiro atoms. The Morgan fingerprint density at radius 3 is 2.41 bits per heavy atom. The first-order valence-corrected chi connectivity index (χ1v) is 13.9. The summed E-state index contributed by atoms with van der Waals surface area (Å²) < 4.78 is 10.6. The van der Waals surface area contributed by atoms with Crippen LogP contribution in [0.1, 0.15) is 48.1 Å². The van der Waals surface area contributed by atoms with Crippen molar-refractivity contribution in [2.75, 3.05) is 6.61 Å². The lowest BCUT2D eigenvalue weighted by Crippen LogP contribution is -2.31. The van der Waals surface area contributed by atoms with Crippen LogP contribution in [0, 0.1) is 6.92 Å². The summed E-state index contributed by atoms with van der Waals surface area (Å²) in [5.41, 5.74) is 3.95. The van der Waals surface area contributed by atoms with E-state index in [0.717, 1.165) is 21.8 Å². The molecule has 0 fully saturated rings. The van der Waals surface area contributed by atoms with Crippen molar-refractivity contribution in [3.05, 3.63) is 85.8 Å². The Bertz CT molecular complexity index is 1800. The van der Waals surface area contributed by atoms with Crippen LogP contribution in [0.3, 0.4) is 0 Å². The van der Waals surface area contributed by atoms with Crippen molar-refractivity contribution < 1.29 is 9.53 Å². The van der Waals surface area contributed by atoms with Gasteiger partial charge >= 0.3 is 11.7 Å². The van der Waals surface area contributed by atoms with Crippen molar-refractivity contribution in [1.82, 2.24) is 28.7 Å². The predicted octanol–water partition coefficient (Wildman–Crippen LogP) is 4.10. The molecule has 10 nitrogen and oxygen atoms in total. The molecular formula is C28H30N6O4S. The standard InChI is InChI=1S/C28H30N6O4S/c1-5-32-21-13-12-19(26(36)38-7-3)14-20(21)29-28(32)39-16-22-30-24-23(33(22)6-2)25(35)31-27(37)34(24)15-18-10-8-17(4)9-11-18/h8-14H,5-7,15-16H2,1-4H3,(H,31,35,37). The molecule has 3 heterocycles. The van der Waals surface area contributed by atoms with Gasteiger partial charge in [-0.3, -0.25) is 14.3 Å². The Balaban J connectivity index is 1.51. The van der Waals surface area contributed by atoms with Crippen molar-refractivity contribution in [3.8, 4) is 0 Å². The molecule has 0 bridgehead atoms. The zero-order valence-electron chi connectivity index (χ0n) is 22.4. The largest absolute Gasteiger partial charge is 0.462 e. The second-order valence-electron chi connectivity index (χ2n) is 9.13. The number of thioether (sulfide) groups is 1. The van der Waals surface area contributed by atoms with E-state index >= 15 is 0 Å². The number of rotatable bonds is 9. The Morgan fingerprint density at radius 2 is 1.72 bits per heavy atom. The topological polar surface area (TPSA) is 117 Å². The fourth-order valence-corrected chi connectivity index (χ4v) is 5.71. The summed E-state index contributed by atoms with van der Waals surface area (Å²) in [4.78, 5) is 49.9. The molecule has 0 aliphatic rings. The third-order valence-electron chi connectivity index (χ3n) is 6.61. The SMILES string of the molecule is CCOC(=O)c1ccc2c(c1)nc(SCc1nc3c(c(=O)[nH]c(=O)n3Cc3ccc(C)cc3)n1CC)n2CC. The van der Waals surface area contributed by atoms with Gasteiger partial charge in [-0.05, 0) is 51.5 Å². The average Bonchev–Trinajstić information content (AvgIpc) is 3.48. The summed E-state index contributed by atoms with van der Waals surface area (Å²) in [6.45, 7) is 9.58. The lowest BCUT2D eigenvalue weighted by atomic mass is 10.1. The first-order valence-electron chi connectivity index (χ1n) is 12.9. The van der Waals surface area contributed by atoms with E-state index in [4.69, 9.17) is 14.7 Å². The molecule has 0 unspecified atom stereocenters. The van der Waals surface area contributed by atoms with Gasteiger partial charge in [-0.15, -0.1) is 0 Å². The van der Waals surface area contributed by atoms with Crippen LogP contribution in [0.15, 0.2) is 57.2 Å². The second-order valence-corrected chi connectivity index (χ2v) is 10.1. The maximum Gasteiger partial charge on any atom is 0.338 e. The van der Waals surface area contributed by atoms with E-state index in [0.29, 0.717) is 60.1 Å². The minimum Gasteiger partial charge on any atom is -0.462 e. The highest BCUT2D eigenvalue weighted by atomic mass is 32.2. The van der Waals surface area contributed by atoms with Gasteiger partial charge in [-0.2, -0.15) is 0 Å². The van der Waals surface area contributed by atoms with Crippen molar-refractivity contribution in [1.29, 1.82) is 0 Å². The summed E-state index contributed by atoms with van der Waals surface area (Å²) in [7, 11) is 0. The number of nitrogens with zero attached hydrogens (tertiary/aromatic N) is 5. The maximum atomic E-state index is 12.9. The lowest BCUT2D eigenvalue weighted by molar-refractivity contribution is 0.0526. The molecule has 202 valence electrons. The number of aromatic amines is 1. The number of H-pyrrole nitrogens is 1. The number of aryl methyl sites for hydroxylation is 3. The number of hydrogen-bond donors (Lipinski definition) is 1. The Kier molecular flexibility index (Phi) is 7.42. The smallest absolute Gasteiger partial charge is 0.338 e. The van der Waals surface area contributed by atoms with E-state index in [1.165, 1.54) is 16.3 Å². The fraction of sp³-hybridized carbons (Fsp3) is 0.321. The van der Waals surface area contributed by atoms with Gasteiger partial charge in [0.15, 0.2) is 16.3 Å². The molecule has 0 saturated carbocycles. The number of ether oxygens (including phenoxy) is 1. The minimum atomic E-state index is -0.488. The third kappa shape index (κ3) is 5.01. The van der Waals surface area contributed by atoms with Crippen LogP contribution in [0.4, 0.5) is 0 Å². The van der Waals surface area contributed by atoms with Gasteiger partial charge in [0.2, 0.25) is 0 Å². The molecule has 0 saturated heterocycles. The van der Waals surface area contributed by atoms with E-state index < -0.39 is 11.2 Å². The summed E-state index contributed by atoms with van der Waals surface area (Å²) in [6.07, 6.45) is 0. The monoisotopic (exact) mass is 546 g/mol. The van der Waals surface area contributed by atoms with Gasteiger partial charge in [0.05, 0.1) is 35.5 Å². The van der Waals surface area contributed by atoms with Gasteiger partial charge in [-0.25, -0.2) is 19.6 Å². The number of fused-ring (bicyclic) bond motifs is 2. The van der Waals surface area contributed by atoms with Crippen LogP contribution in [0.25, 0.3) is 22.2 Å². The van der Waals surface area contributed by atoms with Gasteiger partial charge in [0.1, 0.15) is 5.82 Å². The van der Waals surface area contributed by atoms with Crippen LogP contribution < -0.4 is 11.2 Å². The van der Waals surface area contributed by atoms with Crippen molar-refractivity contribution in [2.24, 2.45) is 0 Å². The molecule has 0 aliphatic heterocycles. The number of hydrogen-bond acceptors (Lipinski definition) is 7. The normalized spacial score (nSPS) is 11.5. The van der Waals surface area contributed by atoms with E-state index in [1.807, 2.05) is 55.7 Å². The zero-order valence-corrected chi connectivity index (χ0v) is 23.2. The van der Waals surface area contributed by atoms with E-state index in [-0.39, 0.29) is 5.97 Å². The zero-order chi connectivity index (χ0) is 27.7. The van der Waals surface area contributed by atoms with Crippen molar-refractivity contribution in [2.45, 2.75) is 58.2 Å². The Morgan fingerprint density at radius 1 is 0.974 bits per heavy atom. The minimum absolute atomic E-state index is 0.300. The fourth-order valence-electron chi connectivity index (χ4n) is 4.69. The molecule has 0 atom stereocenters. The summed E-state index contributed by atoms with van der Waals surface area (Å²) in [5, 5.41) is 0.772. The molecule has 0 aliphatic carbocycles. The molecule has 2 aromatic carbocycles. The summed E-state index contributed by atoms with van der Waals surface area (Å²) in [6, 6.07) is 13.3. The number of aromatic nitrogens is 6. The summed E-state index contributed by atoms with van der Waals surface area (Å²) in [5.74, 6) is 0.737. The first-order chi connectivity index (χ1) is 18.8. The van der Waals surface area contributed by atoms with Gasteiger partial charge in [0, 0.05) is 13.1 Å². The summed E-state index contributed by atoms with van der Waals surface area (Å²) >= 11 is 1.49.